The molecule has 6 heterocycles. The van der Waals surface area contributed by atoms with Gasteiger partial charge in [0, 0.05) is 30.6 Å². The molecular formula is C21H26N4O4. The quantitative estimate of drug-likeness (QED) is 0.843. The summed E-state index contributed by atoms with van der Waals surface area (Å²) in [5.74, 6) is 0.231. The van der Waals surface area contributed by atoms with E-state index in [0.29, 0.717) is 60.5 Å². The molecular weight excluding hydrogens is 372 g/mol. The standard InChI is InChI=1S/C21H26N4O4/c1-13-19(14-2-4-24(13)5-3-14)23-20(26)17-10-15-16(12-29-18(15)11-22-17)21(27)25-6-8-28-9-7-25/h10-14,19H,2-9H2,1H3,(H,23,26). The maximum atomic E-state index is 12.9. The van der Waals surface area contributed by atoms with Crippen molar-refractivity contribution >= 4 is 22.8 Å². The zero-order chi connectivity index (χ0) is 20.0. The molecule has 0 spiro atoms. The first-order valence-corrected chi connectivity index (χ1v) is 10.4. The van der Waals surface area contributed by atoms with Crippen LogP contribution in [0.5, 0.6) is 0 Å². The van der Waals surface area contributed by atoms with E-state index in [1.807, 2.05) is 0 Å². The van der Waals surface area contributed by atoms with Gasteiger partial charge < -0.3 is 19.4 Å². The number of hydrogen-bond donors (Lipinski definition) is 1. The molecule has 4 aliphatic rings. The molecule has 0 saturated carbocycles. The fourth-order valence-electron chi connectivity index (χ4n) is 4.93. The molecule has 4 aliphatic heterocycles. The van der Waals surface area contributed by atoms with Gasteiger partial charge in [-0.25, -0.2) is 4.98 Å². The number of nitrogens with one attached hydrogen (secondary N) is 1. The smallest absolute Gasteiger partial charge is 0.270 e. The van der Waals surface area contributed by atoms with Crippen molar-refractivity contribution < 1.29 is 18.7 Å². The highest BCUT2D eigenvalue weighted by Crippen LogP contribution is 2.32. The van der Waals surface area contributed by atoms with Crippen LogP contribution in [0.3, 0.4) is 0 Å². The summed E-state index contributed by atoms with van der Waals surface area (Å²) >= 11 is 0. The monoisotopic (exact) mass is 398 g/mol. The molecule has 4 saturated heterocycles. The number of piperidine rings is 3. The Bertz CT molecular complexity index is 926. The average Bonchev–Trinajstić information content (AvgIpc) is 3.20. The van der Waals surface area contributed by atoms with Crippen LogP contribution in [0.2, 0.25) is 0 Å². The van der Waals surface area contributed by atoms with Gasteiger partial charge in [-0.3, -0.25) is 14.5 Å². The molecule has 2 bridgehead atoms. The number of fused-ring (bicyclic) bond motifs is 4. The van der Waals surface area contributed by atoms with Crippen LogP contribution >= 0.6 is 0 Å². The van der Waals surface area contributed by atoms with Crippen molar-refractivity contribution in [1.29, 1.82) is 0 Å². The minimum atomic E-state index is -0.191. The van der Waals surface area contributed by atoms with E-state index >= 15 is 0 Å². The second-order valence-corrected chi connectivity index (χ2v) is 8.23. The van der Waals surface area contributed by atoms with Crippen molar-refractivity contribution in [3.05, 3.63) is 29.8 Å². The lowest BCUT2D eigenvalue weighted by Crippen LogP contribution is -2.62. The molecule has 29 heavy (non-hydrogen) atoms. The number of carbonyl (C=O) groups is 2. The van der Waals surface area contributed by atoms with Crippen LogP contribution in [0.4, 0.5) is 0 Å². The Kier molecular flexibility index (Phi) is 4.75. The Hall–Kier alpha value is -2.45. The van der Waals surface area contributed by atoms with Crippen LogP contribution in [0.15, 0.2) is 22.9 Å². The summed E-state index contributed by atoms with van der Waals surface area (Å²) in [4.78, 5) is 34.3. The third-order valence-corrected chi connectivity index (χ3v) is 6.70. The molecule has 0 aliphatic carbocycles. The topological polar surface area (TPSA) is 87.9 Å². The predicted octanol–water partition coefficient (Wildman–Crippen LogP) is 1.51. The number of furan rings is 1. The van der Waals surface area contributed by atoms with Gasteiger partial charge in [-0.1, -0.05) is 0 Å². The number of amides is 2. The molecule has 8 heteroatoms. The SMILES string of the molecule is CC1C(NC(=O)c2cc3c(C(=O)N4CCOCC4)coc3cn2)C2CCN1CC2. The van der Waals surface area contributed by atoms with Crippen LogP contribution in [0.25, 0.3) is 11.0 Å². The highest BCUT2D eigenvalue weighted by Gasteiger charge is 2.40. The molecule has 2 amide bonds. The molecule has 8 nitrogen and oxygen atoms in total. The van der Waals surface area contributed by atoms with Crippen molar-refractivity contribution in [2.75, 3.05) is 39.4 Å². The summed E-state index contributed by atoms with van der Waals surface area (Å²) in [5, 5.41) is 3.83. The Morgan fingerprint density at radius 1 is 1.17 bits per heavy atom. The average molecular weight is 398 g/mol. The predicted molar refractivity (Wildman–Crippen MR) is 106 cm³/mol. The number of pyridine rings is 1. The Morgan fingerprint density at radius 3 is 2.66 bits per heavy atom. The number of ether oxygens (including phenoxy) is 1. The lowest BCUT2D eigenvalue weighted by molar-refractivity contribution is 0.0216. The molecule has 2 atom stereocenters. The van der Waals surface area contributed by atoms with Gasteiger partial charge in [-0.2, -0.15) is 0 Å². The molecule has 2 aromatic rings. The van der Waals surface area contributed by atoms with Crippen molar-refractivity contribution in [2.24, 2.45) is 5.92 Å². The molecule has 1 N–H and O–H groups in total. The lowest BCUT2D eigenvalue weighted by atomic mass is 9.79. The molecule has 2 unspecified atom stereocenters. The minimum absolute atomic E-state index is 0.101. The summed E-state index contributed by atoms with van der Waals surface area (Å²) in [6.45, 7) is 6.60. The van der Waals surface area contributed by atoms with Crippen molar-refractivity contribution in [1.82, 2.24) is 20.1 Å². The first-order valence-electron chi connectivity index (χ1n) is 10.4. The first-order chi connectivity index (χ1) is 14.1. The second-order valence-electron chi connectivity index (χ2n) is 8.23. The number of hydrogen-bond acceptors (Lipinski definition) is 6. The summed E-state index contributed by atoms with van der Waals surface area (Å²) in [5.41, 5.74) is 1.29. The van der Waals surface area contributed by atoms with Gasteiger partial charge in [0.05, 0.1) is 25.0 Å². The van der Waals surface area contributed by atoms with Crippen molar-refractivity contribution in [2.45, 2.75) is 31.8 Å². The molecule has 0 radical (unpaired) electrons. The van der Waals surface area contributed by atoms with Crippen LogP contribution < -0.4 is 5.32 Å². The largest absolute Gasteiger partial charge is 0.462 e. The number of nitrogens with zero attached hydrogens (tertiary/aromatic N) is 3. The van der Waals surface area contributed by atoms with Crippen molar-refractivity contribution in [3.63, 3.8) is 0 Å². The van der Waals surface area contributed by atoms with E-state index in [0.717, 1.165) is 25.9 Å². The van der Waals surface area contributed by atoms with E-state index in [-0.39, 0.29) is 17.9 Å². The maximum absolute atomic E-state index is 12.9. The van der Waals surface area contributed by atoms with Gasteiger partial charge in [0.25, 0.3) is 11.8 Å². The number of morpholine rings is 1. The molecule has 4 fully saturated rings. The van der Waals surface area contributed by atoms with E-state index in [1.54, 1.807) is 11.0 Å². The van der Waals surface area contributed by atoms with Crippen LogP contribution in [0.1, 0.15) is 40.6 Å². The summed E-state index contributed by atoms with van der Waals surface area (Å²) in [6, 6.07) is 2.15. The normalized spacial score (nSPS) is 29.2. The molecule has 154 valence electrons. The number of carbonyl (C=O) groups excluding carboxylic acids is 2. The Morgan fingerprint density at radius 2 is 1.93 bits per heavy atom. The van der Waals surface area contributed by atoms with E-state index in [4.69, 9.17) is 9.15 Å². The van der Waals surface area contributed by atoms with Gasteiger partial charge in [-0.15, -0.1) is 0 Å². The second kappa shape index (κ2) is 7.42. The number of aromatic nitrogens is 1. The van der Waals surface area contributed by atoms with Gasteiger partial charge in [-0.05, 0) is 44.8 Å². The highest BCUT2D eigenvalue weighted by atomic mass is 16.5. The van der Waals surface area contributed by atoms with Crippen LogP contribution in [-0.2, 0) is 4.74 Å². The third-order valence-electron chi connectivity index (χ3n) is 6.70. The van der Waals surface area contributed by atoms with E-state index in [9.17, 15) is 9.59 Å². The summed E-state index contributed by atoms with van der Waals surface area (Å²) < 4.78 is 10.8. The lowest BCUT2D eigenvalue weighted by Gasteiger charge is -2.49. The Labute approximate surface area is 169 Å². The Balaban J connectivity index is 1.38. The number of rotatable bonds is 3. The molecule has 0 aromatic carbocycles. The van der Waals surface area contributed by atoms with E-state index in [1.165, 1.54) is 12.5 Å². The zero-order valence-electron chi connectivity index (χ0n) is 16.6. The summed E-state index contributed by atoms with van der Waals surface area (Å²) in [7, 11) is 0. The van der Waals surface area contributed by atoms with Gasteiger partial charge >= 0.3 is 0 Å². The van der Waals surface area contributed by atoms with Gasteiger partial charge in [0.1, 0.15) is 12.0 Å². The van der Waals surface area contributed by atoms with Crippen LogP contribution in [-0.4, -0.2) is 78.1 Å². The first kappa shape index (κ1) is 18.6. The fraction of sp³-hybridized carbons (Fsp3) is 0.571. The highest BCUT2D eigenvalue weighted by molar-refractivity contribution is 6.07. The van der Waals surface area contributed by atoms with Gasteiger partial charge in [0.15, 0.2) is 5.58 Å². The molecule has 2 aromatic heterocycles. The third kappa shape index (κ3) is 3.30. The molecule has 6 rings (SSSR count). The maximum Gasteiger partial charge on any atom is 0.270 e. The minimum Gasteiger partial charge on any atom is -0.462 e. The van der Waals surface area contributed by atoms with Crippen molar-refractivity contribution in [3.8, 4) is 0 Å². The fourth-order valence-corrected chi connectivity index (χ4v) is 4.93. The van der Waals surface area contributed by atoms with E-state index in [2.05, 4.69) is 22.1 Å². The zero-order valence-corrected chi connectivity index (χ0v) is 16.6. The van der Waals surface area contributed by atoms with Gasteiger partial charge in [0.2, 0.25) is 0 Å². The van der Waals surface area contributed by atoms with E-state index < -0.39 is 0 Å². The summed E-state index contributed by atoms with van der Waals surface area (Å²) in [6.07, 6.45) is 5.24. The van der Waals surface area contributed by atoms with Crippen LogP contribution in [0, 0.1) is 5.92 Å².